The monoisotopic (exact) mass is 475 g/mol. The Kier molecular flexibility index (Phi) is 6.94. The maximum atomic E-state index is 12.8. The molecule has 178 valence electrons. The SMILES string of the molecule is CN(c1ccccc1Nc1cc(C(=O)NC2CC2)ncc1C(=O)NOC(C)(C)C)S(C)(=O)=O. The zero-order valence-corrected chi connectivity index (χ0v) is 20.1. The highest BCUT2D eigenvalue weighted by Gasteiger charge is 2.26. The maximum absolute atomic E-state index is 12.8. The van der Waals surface area contributed by atoms with E-state index in [-0.39, 0.29) is 28.9 Å². The third-order valence-corrected chi connectivity index (χ3v) is 5.95. The number of rotatable bonds is 8. The first-order chi connectivity index (χ1) is 15.3. The van der Waals surface area contributed by atoms with Crippen LogP contribution in [0.25, 0.3) is 0 Å². The molecule has 0 unspecified atom stereocenters. The summed E-state index contributed by atoms with van der Waals surface area (Å²) >= 11 is 0. The molecule has 3 rings (SSSR count). The molecule has 0 atom stereocenters. The lowest BCUT2D eigenvalue weighted by Crippen LogP contribution is -2.34. The average Bonchev–Trinajstić information content (AvgIpc) is 3.54. The van der Waals surface area contributed by atoms with Gasteiger partial charge in [0.1, 0.15) is 5.69 Å². The Morgan fingerprint density at radius 1 is 1.12 bits per heavy atom. The van der Waals surface area contributed by atoms with E-state index < -0.39 is 21.5 Å². The minimum atomic E-state index is -3.53. The van der Waals surface area contributed by atoms with Crippen LogP contribution in [0.3, 0.4) is 0 Å². The maximum Gasteiger partial charge on any atom is 0.278 e. The number of amides is 2. The van der Waals surface area contributed by atoms with Crippen LogP contribution in [0, 0.1) is 0 Å². The first kappa shape index (κ1) is 24.5. The van der Waals surface area contributed by atoms with Crippen LogP contribution in [-0.2, 0) is 14.9 Å². The summed E-state index contributed by atoms with van der Waals surface area (Å²) in [6, 6.07) is 8.34. The van der Waals surface area contributed by atoms with Crippen molar-refractivity contribution < 1.29 is 22.8 Å². The van der Waals surface area contributed by atoms with Gasteiger partial charge in [-0.2, -0.15) is 0 Å². The third-order valence-electron chi connectivity index (χ3n) is 4.75. The highest BCUT2D eigenvalue weighted by Crippen LogP contribution is 2.31. The average molecular weight is 476 g/mol. The largest absolute Gasteiger partial charge is 0.353 e. The number of pyridine rings is 1. The van der Waals surface area contributed by atoms with Gasteiger partial charge < -0.3 is 10.6 Å². The highest BCUT2D eigenvalue weighted by atomic mass is 32.2. The van der Waals surface area contributed by atoms with Gasteiger partial charge in [-0.3, -0.25) is 23.7 Å². The van der Waals surface area contributed by atoms with Crippen LogP contribution in [0.15, 0.2) is 36.5 Å². The van der Waals surface area contributed by atoms with Crippen molar-refractivity contribution in [2.24, 2.45) is 0 Å². The zero-order valence-electron chi connectivity index (χ0n) is 19.3. The summed E-state index contributed by atoms with van der Waals surface area (Å²) in [5.74, 6) is -0.914. The molecule has 1 saturated carbocycles. The van der Waals surface area contributed by atoms with Crippen LogP contribution >= 0.6 is 0 Å². The van der Waals surface area contributed by atoms with Crippen molar-refractivity contribution in [1.29, 1.82) is 0 Å². The van der Waals surface area contributed by atoms with E-state index >= 15 is 0 Å². The molecule has 1 aliphatic rings. The number of hydroxylamine groups is 1. The number of anilines is 3. The summed E-state index contributed by atoms with van der Waals surface area (Å²) in [5.41, 5.74) is 3.10. The first-order valence-corrected chi connectivity index (χ1v) is 12.3. The van der Waals surface area contributed by atoms with Crippen LogP contribution in [0.5, 0.6) is 0 Å². The molecule has 1 aliphatic carbocycles. The van der Waals surface area contributed by atoms with Crippen LogP contribution in [0.2, 0.25) is 0 Å². The number of carbonyl (C=O) groups excluding carboxylic acids is 2. The zero-order chi connectivity index (χ0) is 24.4. The minimum Gasteiger partial charge on any atom is -0.353 e. The molecule has 1 aromatic heterocycles. The Labute approximate surface area is 193 Å². The fourth-order valence-corrected chi connectivity index (χ4v) is 3.30. The van der Waals surface area contributed by atoms with E-state index in [0.717, 1.165) is 23.4 Å². The molecule has 3 N–H and O–H groups in total. The second kappa shape index (κ2) is 9.36. The van der Waals surface area contributed by atoms with Gasteiger partial charge in [-0.05, 0) is 51.8 Å². The Balaban J connectivity index is 1.99. The van der Waals surface area contributed by atoms with E-state index in [1.807, 2.05) is 0 Å². The number of sulfonamides is 1. The lowest BCUT2D eigenvalue weighted by molar-refractivity contribution is -0.0589. The van der Waals surface area contributed by atoms with Crippen LogP contribution < -0.4 is 20.4 Å². The predicted molar refractivity (Wildman–Crippen MR) is 126 cm³/mol. The topological polar surface area (TPSA) is 130 Å². The molecular weight excluding hydrogens is 446 g/mol. The van der Waals surface area contributed by atoms with Gasteiger partial charge in [-0.15, -0.1) is 0 Å². The van der Waals surface area contributed by atoms with Gasteiger partial charge in [0, 0.05) is 19.3 Å². The number of aromatic nitrogens is 1. The normalized spacial score (nSPS) is 13.8. The molecule has 33 heavy (non-hydrogen) atoms. The molecule has 10 nitrogen and oxygen atoms in total. The summed E-state index contributed by atoms with van der Waals surface area (Å²) < 4.78 is 25.3. The molecule has 2 amide bonds. The second-order valence-corrected chi connectivity index (χ2v) is 10.9. The van der Waals surface area contributed by atoms with E-state index in [1.54, 1.807) is 45.0 Å². The molecule has 0 radical (unpaired) electrons. The summed E-state index contributed by atoms with van der Waals surface area (Å²) in [7, 11) is -2.10. The summed E-state index contributed by atoms with van der Waals surface area (Å²) in [5, 5.41) is 5.96. The van der Waals surface area contributed by atoms with Crippen LogP contribution in [-0.4, -0.2) is 50.2 Å². The van der Waals surface area contributed by atoms with Crippen molar-refractivity contribution in [2.45, 2.75) is 45.3 Å². The number of para-hydroxylation sites is 2. The van der Waals surface area contributed by atoms with E-state index in [2.05, 4.69) is 21.1 Å². The van der Waals surface area contributed by atoms with Crippen molar-refractivity contribution in [2.75, 3.05) is 22.9 Å². The number of hydrogen-bond acceptors (Lipinski definition) is 7. The van der Waals surface area contributed by atoms with Crippen molar-refractivity contribution in [3.8, 4) is 0 Å². The van der Waals surface area contributed by atoms with E-state index in [0.29, 0.717) is 11.4 Å². The summed E-state index contributed by atoms with van der Waals surface area (Å²) in [6.45, 7) is 5.35. The van der Waals surface area contributed by atoms with E-state index in [4.69, 9.17) is 4.84 Å². The molecule has 0 saturated heterocycles. The fraction of sp³-hybridized carbons (Fsp3) is 0.409. The predicted octanol–water partition coefficient (Wildman–Crippen LogP) is 2.57. The Morgan fingerprint density at radius 3 is 2.39 bits per heavy atom. The highest BCUT2D eigenvalue weighted by molar-refractivity contribution is 7.92. The fourth-order valence-electron chi connectivity index (χ4n) is 2.78. The number of nitrogens with zero attached hydrogens (tertiary/aromatic N) is 2. The van der Waals surface area contributed by atoms with Gasteiger partial charge in [-0.1, -0.05) is 12.1 Å². The van der Waals surface area contributed by atoms with E-state index in [1.165, 1.54) is 19.3 Å². The molecule has 1 fully saturated rings. The van der Waals surface area contributed by atoms with Crippen molar-refractivity contribution in [3.63, 3.8) is 0 Å². The van der Waals surface area contributed by atoms with Crippen LogP contribution in [0.1, 0.15) is 54.5 Å². The van der Waals surface area contributed by atoms with Gasteiger partial charge in [0.15, 0.2) is 0 Å². The van der Waals surface area contributed by atoms with Crippen molar-refractivity contribution >= 4 is 38.9 Å². The van der Waals surface area contributed by atoms with Crippen molar-refractivity contribution in [3.05, 3.63) is 47.8 Å². The quantitative estimate of drug-likeness (QED) is 0.500. The Hall–Kier alpha value is -3.18. The molecule has 2 aromatic rings. The van der Waals surface area contributed by atoms with Gasteiger partial charge in [0.25, 0.3) is 11.8 Å². The van der Waals surface area contributed by atoms with E-state index in [9.17, 15) is 18.0 Å². The van der Waals surface area contributed by atoms with Gasteiger partial charge in [-0.25, -0.2) is 13.9 Å². The lowest BCUT2D eigenvalue weighted by Gasteiger charge is -2.22. The lowest BCUT2D eigenvalue weighted by atomic mass is 10.1. The Morgan fingerprint density at radius 2 is 1.79 bits per heavy atom. The third kappa shape index (κ3) is 6.65. The van der Waals surface area contributed by atoms with Gasteiger partial charge in [0.05, 0.1) is 34.5 Å². The number of nitrogens with one attached hydrogen (secondary N) is 3. The number of hydrogen-bond donors (Lipinski definition) is 3. The molecule has 0 aliphatic heterocycles. The molecule has 11 heteroatoms. The standard InChI is InChI=1S/C22H29N5O5S/c1-22(2,3)32-26-20(28)15-13-23-18(21(29)24-14-10-11-14)12-17(15)25-16-8-6-7-9-19(16)27(4)33(5,30)31/h6-9,12-14H,10-11H2,1-5H3,(H,23,25)(H,24,29)(H,26,28). The van der Waals surface area contributed by atoms with Gasteiger partial charge in [0.2, 0.25) is 10.0 Å². The van der Waals surface area contributed by atoms with Crippen molar-refractivity contribution in [1.82, 2.24) is 15.8 Å². The first-order valence-electron chi connectivity index (χ1n) is 10.4. The van der Waals surface area contributed by atoms with Crippen LogP contribution in [0.4, 0.5) is 17.1 Å². The number of benzene rings is 1. The number of carbonyl (C=O) groups is 2. The Bertz CT molecular complexity index is 1160. The molecule has 1 heterocycles. The summed E-state index contributed by atoms with van der Waals surface area (Å²) in [6.07, 6.45) is 4.23. The molecule has 0 spiro atoms. The minimum absolute atomic E-state index is 0.124. The molecule has 1 aromatic carbocycles. The second-order valence-electron chi connectivity index (χ2n) is 8.88. The smallest absolute Gasteiger partial charge is 0.278 e. The molecular formula is C22H29N5O5S. The summed E-state index contributed by atoms with van der Waals surface area (Å²) in [4.78, 5) is 34.9. The van der Waals surface area contributed by atoms with Gasteiger partial charge >= 0.3 is 0 Å². The molecule has 0 bridgehead atoms.